The molecular weight excluding hydrogens is 528 g/mol. The fraction of sp³-hybridized carbons (Fsp3) is 0.629. The van der Waals surface area contributed by atoms with Crippen LogP contribution in [0.25, 0.3) is 0 Å². The van der Waals surface area contributed by atoms with E-state index in [2.05, 4.69) is 35.2 Å². The first-order valence-corrected chi connectivity index (χ1v) is 16.1. The van der Waals surface area contributed by atoms with Crippen molar-refractivity contribution in [1.29, 1.82) is 0 Å². The summed E-state index contributed by atoms with van der Waals surface area (Å²) in [5, 5.41) is 12.9. The van der Waals surface area contributed by atoms with Gasteiger partial charge in [0.15, 0.2) is 11.5 Å². The molecule has 0 amide bonds. The lowest BCUT2D eigenvalue weighted by Crippen LogP contribution is -2.69. The second kappa shape index (κ2) is 10.8. The molecule has 0 unspecified atom stereocenters. The fourth-order valence-electron chi connectivity index (χ4n) is 8.61. The lowest BCUT2D eigenvalue weighted by molar-refractivity contribution is -0.231. The van der Waals surface area contributed by atoms with Crippen molar-refractivity contribution < 1.29 is 24.2 Å². The van der Waals surface area contributed by atoms with Gasteiger partial charge in [0, 0.05) is 23.6 Å². The van der Waals surface area contributed by atoms with Crippen molar-refractivity contribution in [1.82, 2.24) is 9.96 Å². The van der Waals surface area contributed by atoms with E-state index >= 15 is 0 Å². The molecular formula is C35H46N2O5. The first-order valence-electron chi connectivity index (χ1n) is 16.1. The number of piperidine rings is 1. The zero-order valence-corrected chi connectivity index (χ0v) is 25.4. The van der Waals surface area contributed by atoms with Gasteiger partial charge in [-0.15, -0.1) is 0 Å². The largest absolute Gasteiger partial charge is 0.504 e. The van der Waals surface area contributed by atoms with E-state index in [1.54, 1.807) is 0 Å². The summed E-state index contributed by atoms with van der Waals surface area (Å²) in [6.45, 7) is 8.54. The number of hydrogen-bond donors (Lipinski definition) is 1. The van der Waals surface area contributed by atoms with Crippen LogP contribution in [0.5, 0.6) is 11.5 Å². The van der Waals surface area contributed by atoms with Gasteiger partial charge in [-0.3, -0.25) is 14.5 Å². The van der Waals surface area contributed by atoms with Crippen LogP contribution < -0.4 is 4.74 Å². The monoisotopic (exact) mass is 574 g/mol. The van der Waals surface area contributed by atoms with Crippen LogP contribution in [-0.4, -0.2) is 71.1 Å². The maximum absolute atomic E-state index is 13.2. The Morgan fingerprint density at radius 1 is 1.12 bits per heavy atom. The molecule has 2 bridgehead atoms. The summed E-state index contributed by atoms with van der Waals surface area (Å²) >= 11 is 0. The van der Waals surface area contributed by atoms with Crippen molar-refractivity contribution in [3.8, 4) is 11.5 Å². The Kier molecular flexibility index (Phi) is 7.27. The highest BCUT2D eigenvalue weighted by Gasteiger charge is 2.66. The minimum Gasteiger partial charge on any atom is -0.504 e. The number of phenolic OH excluding ortho intramolecular Hbond substituents is 1. The Bertz CT molecular complexity index is 1300. The van der Waals surface area contributed by atoms with Gasteiger partial charge in [0.25, 0.3) is 0 Å². The number of ether oxygens (including phenoxy) is 2. The number of rotatable bonds is 10. The van der Waals surface area contributed by atoms with Crippen molar-refractivity contribution in [2.24, 2.45) is 11.8 Å². The smallest absolute Gasteiger partial charge is 0.323 e. The fourth-order valence-corrected chi connectivity index (χ4v) is 8.61. The predicted molar refractivity (Wildman–Crippen MR) is 160 cm³/mol. The van der Waals surface area contributed by atoms with Crippen LogP contribution in [0, 0.1) is 11.8 Å². The van der Waals surface area contributed by atoms with E-state index in [0.717, 1.165) is 51.0 Å². The van der Waals surface area contributed by atoms with Gasteiger partial charge in [0.2, 0.25) is 0 Å². The summed E-state index contributed by atoms with van der Waals surface area (Å²) in [6.07, 6.45) is 8.30. The van der Waals surface area contributed by atoms with Crippen molar-refractivity contribution in [3.05, 3.63) is 59.2 Å². The maximum Gasteiger partial charge on any atom is 0.323 e. The standard InChI is InChI=1S/C35H46N2O5/c1-34(2,3)42-30(39)22-37(40-19-7-10-23-8-5-4-6-9-23)27-15-14-26-28-20-25-13-16-29(38)32-31(25)35(26,33(27)41-32)17-18-36(28)21-24-11-12-24/h4-6,8-9,13,16,24,26-28,33,38H,7,10-12,14-15,17-22H2,1-3H3/t26-,27+,28+,33-,35-/m0/s1. The third-order valence-electron chi connectivity index (χ3n) is 10.4. The van der Waals surface area contributed by atoms with E-state index in [1.807, 2.05) is 38.0 Å². The number of hydroxylamine groups is 2. The van der Waals surface area contributed by atoms with E-state index < -0.39 is 5.60 Å². The highest BCUT2D eigenvalue weighted by Crippen LogP contribution is 2.64. The number of hydrogen-bond acceptors (Lipinski definition) is 7. The van der Waals surface area contributed by atoms with Crippen LogP contribution in [0.2, 0.25) is 0 Å². The summed E-state index contributed by atoms with van der Waals surface area (Å²) in [5.41, 5.74) is 3.11. The number of nitrogens with zero attached hydrogens (tertiary/aromatic N) is 2. The molecule has 0 aromatic heterocycles. The van der Waals surface area contributed by atoms with E-state index in [-0.39, 0.29) is 35.8 Å². The average Bonchev–Trinajstić information content (AvgIpc) is 3.70. The molecule has 7 rings (SSSR count). The van der Waals surface area contributed by atoms with Crippen molar-refractivity contribution in [3.63, 3.8) is 0 Å². The molecule has 3 fully saturated rings. The molecule has 226 valence electrons. The summed E-state index contributed by atoms with van der Waals surface area (Å²) in [7, 11) is 0. The van der Waals surface area contributed by atoms with Gasteiger partial charge in [-0.05, 0) is 108 Å². The van der Waals surface area contributed by atoms with Gasteiger partial charge in [-0.2, -0.15) is 5.06 Å². The lowest BCUT2D eigenvalue weighted by Gasteiger charge is -2.60. The van der Waals surface area contributed by atoms with E-state index in [1.165, 1.54) is 36.1 Å². The number of carbonyl (C=O) groups is 1. The molecule has 0 radical (unpaired) electrons. The predicted octanol–water partition coefficient (Wildman–Crippen LogP) is 5.42. The summed E-state index contributed by atoms with van der Waals surface area (Å²) in [5.74, 6) is 1.95. The maximum atomic E-state index is 13.2. The number of esters is 1. The van der Waals surface area contributed by atoms with Crippen LogP contribution in [-0.2, 0) is 32.6 Å². The van der Waals surface area contributed by atoms with Crippen molar-refractivity contribution >= 4 is 5.97 Å². The second-order valence-electron chi connectivity index (χ2n) is 14.3. The average molecular weight is 575 g/mol. The number of likely N-dealkylation sites (tertiary alicyclic amines) is 1. The number of aryl methyl sites for hydroxylation is 1. The van der Waals surface area contributed by atoms with Gasteiger partial charge in [-0.25, -0.2) is 0 Å². The highest BCUT2D eigenvalue weighted by atomic mass is 16.7. The van der Waals surface area contributed by atoms with E-state index in [0.29, 0.717) is 24.3 Å². The minimum atomic E-state index is -0.571. The third-order valence-corrected chi connectivity index (χ3v) is 10.4. The lowest BCUT2D eigenvalue weighted by atomic mass is 9.51. The first kappa shape index (κ1) is 28.2. The summed E-state index contributed by atoms with van der Waals surface area (Å²) < 4.78 is 12.6. The molecule has 5 aliphatic rings. The Labute approximate surface area is 250 Å². The molecule has 1 N–H and O–H groups in total. The van der Waals surface area contributed by atoms with Gasteiger partial charge in [0.05, 0.1) is 12.6 Å². The molecule has 3 aliphatic carbocycles. The van der Waals surface area contributed by atoms with Crippen LogP contribution in [0.1, 0.15) is 76.0 Å². The molecule has 7 heteroatoms. The van der Waals surface area contributed by atoms with Crippen LogP contribution in [0.3, 0.4) is 0 Å². The summed E-state index contributed by atoms with van der Waals surface area (Å²) in [6, 6.07) is 14.8. The SMILES string of the molecule is CC(C)(C)OC(=O)CN(OCCCc1ccccc1)[C@@H]1CC[C@H]2[C@H]3Cc4ccc(O)c5c4[C@@]2(CCN3CC2CC2)[C@H]1O5. The normalized spacial score (nSPS) is 29.7. The zero-order chi connectivity index (χ0) is 29.1. The zero-order valence-electron chi connectivity index (χ0n) is 25.4. The molecule has 1 spiro atoms. The molecule has 1 saturated heterocycles. The molecule has 5 atom stereocenters. The number of carbonyl (C=O) groups excluding carboxylic acids is 1. The van der Waals surface area contributed by atoms with Gasteiger partial charge in [0.1, 0.15) is 18.2 Å². The van der Waals surface area contributed by atoms with Crippen LogP contribution >= 0.6 is 0 Å². The third kappa shape index (κ3) is 5.11. The van der Waals surface area contributed by atoms with E-state index in [9.17, 15) is 9.90 Å². The Hall–Kier alpha value is -2.61. The molecule has 2 aliphatic heterocycles. The van der Waals surface area contributed by atoms with Crippen molar-refractivity contribution in [2.75, 3.05) is 26.2 Å². The van der Waals surface area contributed by atoms with Gasteiger partial charge >= 0.3 is 5.97 Å². The first-order chi connectivity index (χ1) is 20.2. The Balaban J connectivity index is 1.17. The minimum absolute atomic E-state index is 0.0559. The Morgan fingerprint density at radius 3 is 2.69 bits per heavy atom. The number of aromatic hydroxyl groups is 1. The molecule has 2 aromatic carbocycles. The summed E-state index contributed by atoms with van der Waals surface area (Å²) in [4.78, 5) is 22.5. The number of phenols is 1. The molecule has 2 saturated carbocycles. The van der Waals surface area contributed by atoms with Crippen molar-refractivity contribution in [2.45, 2.75) is 101 Å². The Morgan fingerprint density at radius 2 is 1.93 bits per heavy atom. The number of benzene rings is 2. The molecule has 2 heterocycles. The topological polar surface area (TPSA) is 71.5 Å². The van der Waals surface area contributed by atoms with Gasteiger partial charge < -0.3 is 14.6 Å². The van der Waals surface area contributed by atoms with Crippen LogP contribution in [0.4, 0.5) is 0 Å². The quantitative estimate of drug-likeness (QED) is 0.231. The van der Waals surface area contributed by atoms with Crippen LogP contribution in [0.15, 0.2) is 42.5 Å². The molecule has 2 aromatic rings. The second-order valence-corrected chi connectivity index (χ2v) is 14.3. The van der Waals surface area contributed by atoms with Gasteiger partial charge in [-0.1, -0.05) is 36.4 Å². The molecule has 42 heavy (non-hydrogen) atoms. The van der Waals surface area contributed by atoms with E-state index in [4.69, 9.17) is 14.3 Å². The molecule has 7 nitrogen and oxygen atoms in total. The highest BCUT2D eigenvalue weighted by molar-refractivity contribution is 5.72.